The minimum absolute atomic E-state index is 0.0254. The van der Waals surface area contributed by atoms with Gasteiger partial charge in [0.2, 0.25) is 0 Å². The van der Waals surface area contributed by atoms with Crippen LogP contribution in [0, 0.1) is 57.7 Å². The second-order valence-electron chi connectivity index (χ2n) is 21.5. The smallest absolute Gasteiger partial charge is 0.162 e. The van der Waals surface area contributed by atoms with Gasteiger partial charge in [-0.3, -0.25) is 4.79 Å². The first-order valence-corrected chi connectivity index (χ1v) is 22.3. The fraction of sp³-hybridized carbons (Fsp3) is 0.933. The van der Waals surface area contributed by atoms with Gasteiger partial charge in [0.1, 0.15) is 12.2 Å². The molecule has 8 rings (SSSR count). The number of hydrogen-bond donors (Lipinski definition) is 7. The van der Waals surface area contributed by atoms with E-state index in [4.69, 9.17) is 10.5 Å². The standard InChI is InChI=1S/C45H74N2O7/c1-40(25-48,18-15-27-17-20-47-34(46)21-27)44(5,52)39-38(54-39)43(4,51)33-22-29-13-14-31-36-35(41(2)19-16-30(49)23-32(41)37(31)50)28(24-42(33,3)45(29,36)53)12-11-26-9-7-6-8-10-26/h26-30,32-35,38-39,47-49,51-53H,6-25,46H2,1-5H3/t27?,28-,29+,30+,32+,33+,34?,35+,38-,39+,40+,41+,42+,43-,44+,45-/m1/s1. The summed E-state index contributed by atoms with van der Waals surface area (Å²) in [6.07, 6.45) is 15.2. The maximum absolute atomic E-state index is 14.6. The number of rotatable bonds is 11. The lowest BCUT2D eigenvalue weighted by Gasteiger charge is -2.65. The van der Waals surface area contributed by atoms with Crippen LogP contribution in [0.3, 0.4) is 0 Å². The van der Waals surface area contributed by atoms with E-state index in [0.717, 1.165) is 62.1 Å². The molecular weight excluding hydrogens is 681 g/mol. The number of nitrogens with one attached hydrogen (secondary N) is 1. The number of Topliss-reactive ketones (excluding diaryl/α,β-unsaturated/α-hetero) is 1. The van der Waals surface area contributed by atoms with Crippen LogP contribution in [0.15, 0.2) is 11.1 Å². The molecule has 6 aliphatic carbocycles. The van der Waals surface area contributed by atoms with Gasteiger partial charge >= 0.3 is 0 Å². The number of fused-ring (bicyclic) bond motifs is 2. The molecule has 0 aromatic heterocycles. The molecule has 9 heteroatoms. The average Bonchev–Trinajstić information content (AvgIpc) is 3.93. The second kappa shape index (κ2) is 13.8. The lowest BCUT2D eigenvalue weighted by Crippen LogP contribution is -2.66. The fourth-order valence-corrected chi connectivity index (χ4v) is 14.9. The number of epoxide rings is 1. The van der Waals surface area contributed by atoms with E-state index in [0.29, 0.717) is 44.4 Å². The maximum Gasteiger partial charge on any atom is 0.162 e. The second-order valence-corrected chi connectivity index (χ2v) is 21.5. The molecule has 0 radical (unpaired) electrons. The van der Waals surface area contributed by atoms with Crippen LogP contribution in [-0.2, 0) is 9.53 Å². The Morgan fingerprint density at radius 3 is 2.37 bits per heavy atom. The summed E-state index contributed by atoms with van der Waals surface area (Å²) in [7, 11) is 0. The summed E-state index contributed by atoms with van der Waals surface area (Å²) >= 11 is 0. The van der Waals surface area contributed by atoms with E-state index >= 15 is 0 Å². The van der Waals surface area contributed by atoms with Gasteiger partial charge in [-0.15, -0.1) is 0 Å². The van der Waals surface area contributed by atoms with Gasteiger partial charge in [0.05, 0.1) is 35.7 Å². The van der Waals surface area contributed by atoms with E-state index in [1.807, 2.05) is 13.8 Å². The number of hydrogen-bond acceptors (Lipinski definition) is 9. The molecule has 2 aliphatic heterocycles. The zero-order valence-electron chi connectivity index (χ0n) is 34.1. The average molecular weight is 755 g/mol. The molecule has 0 amide bonds. The third kappa shape index (κ3) is 5.92. The van der Waals surface area contributed by atoms with Crippen LogP contribution >= 0.6 is 0 Å². The van der Waals surface area contributed by atoms with Crippen molar-refractivity contribution in [1.29, 1.82) is 0 Å². The molecule has 9 nitrogen and oxygen atoms in total. The molecule has 8 aliphatic rings. The minimum Gasteiger partial charge on any atom is -0.396 e. The molecule has 8 N–H and O–H groups in total. The van der Waals surface area contributed by atoms with Crippen molar-refractivity contribution in [3.63, 3.8) is 0 Å². The highest BCUT2D eigenvalue weighted by Gasteiger charge is 2.77. The summed E-state index contributed by atoms with van der Waals surface area (Å²) in [5, 5.41) is 63.8. The number of carbonyl (C=O) groups excluding carboxylic acids is 1. The van der Waals surface area contributed by atoms with Gasteiger partial charge in [-0.05, 0) is 150 Å². The Labute approximate surface area is 324 Å². The van der Waals surface area contributed by atoms with Gasteiger partial charge in [-0.1, -0.05) is 59.3 Å². The Morgan fingerprint density at radius 2 is 1.67 bits per heavy atom. The van der Waals surface area contributed by atoms with Crippen molar-refractivity contribution in [3.05, 3.63) is 11.1 Å². The van der Waals surface area contributed by atoms with Crippen LogP contribution in [0.25, 0.3) is 0 Å². The van der Waals surface area contributed by atoms with Gasteiger partial charge in [0, 0.05) is 16.7 Å². The van der Waals surface area contributed by atoms with Gasteiger partial charge < -0.3 is 41.3 Å². The zero-order valence-corrected chi connectivity index (χ0v) is 34.1. The molecule has 4 saturated carbocycles. The number of ether oxygens (including phenoxy) is 1. The van der Waals surface area contributed by atoms with Gasteiger partial charge in [0.25, 0.3) is 0 Å². The predicted molar refractivity (Wildman–Crippen MR) is 208 cm³/mol. The van der Waals surface area contributed by atoms with Crippen molar-refractivity contribution in [2.24, 2.45) is 63.4 Å². The van der Waals surface area contributed by atoms with Gasteiger partial charge in [0.15, 0.2) is 5.78 Å². The zero-order chi connectivity index (χ0) is 38.6. The molecule has 0 aromatic carbocycles. The Bertz CT molecular complexity index is 1480. The molecule has 6 fully saturated rings. The van der Waals surface area contributed by atoms with E-state index in [1.165, 1.54) is 38.5 Å². The SMILES string of the molecule is C[C@](O)([C@@H]1O[C@@H]1[C@](C)(O)[C@](C)(CO)CCC1CCNC(N)C1)[C@H]1C[C@@H]2CCC3=C4[C@H]([C@H](CCC5CCCCC5)C[C@]1(C)[C@]42O)[C@@]1(C)CC[C@H](O)C[C@H]1C3=O. The Kier molecular flexibility index (Phi) is 10.2. The lowest BCUT2D eigenvalue weighted by atomic mass is 9.40. The molecule has 0 aromatic rings. The quantitative estimate of drug-likeness (QED) is 0.134. The number of ketones is 1. The molecule has 2 heterocycles. The molecule has 0 spiro atoms. The first kappa shape index (κ1) is 39.9. The number of aliphatic hydroxyl groups is 5. The summed E-state index contributed by atoms with van der Waals surface area (Å²) < 4.78 is 6.41. The van der Waals surface area contributed by atoms with Crippen LogP contribution in [0.4, 0.5) is 0 Å². The number of allylic oxidation sites excluding steroid dienone is 1. The molecule has 2 saturated heterocycles. The first-order valence-electron chi connectivity index (χ1n) is 22.3. The fourth-order valence-electron chi connectivity index (χ4n) is 14.9. The van der Waals surface area contributed by atoms with Crippen molar-refractivity contribution in [2.45, 2.75) is 191 Å². The number of aliphatic hydroxyl groups excluding tert-OH is 2. The van der Waals surface area contributed by atoms with Crippen LogP contribution in [-0.4, -0.2) is 85.7 Å². The first-order chi connectivity index (χ1) is 25.4. The summed E-state index contributed by atoms with van der Waals surface area (Å²) in [6.45, 7) is 10.8. The molecule has 16 atom stereocenters. The summed E-state index contributed by atoms with van der Waals surface area (Å²) in [4.78, 5) is 14.6. The summed E-state index contributed by atoms with van der Waals surface area (Å²) in [6, 6.07) is 0. The molecular formula is C45H74N2O7. The summed E-state index contributed by atoms with van der Waals surface area (Å²) in [5.74, 6) is 1.10. The Hall–Kier alpha value is -0.910. The number of nitrogens with two attached hydrogens (primary N) is 1. The molecule has 54 heavy (non-hydrogen) atoms. The van der Waals surface area contributed by atoms with E-state index in [1.54, 1.807) is 6.92 Å². The van der Waals surface area contributed by atoms with Crippen LogP contribution in [0.2, 0.25) is 0 Å². The van der Waals surface area contributed by atoms with Crippen molar-refractivity contribution >= 4 is 5.78 Å². The van der Waals surface area contributed by atoms with Crippen LogP contribution < -0.4 is 11.1 Å². The number of piperidine rings is 1. The van der Waals surface area contributed by atoms with E-state index in [-0.39, 0.29) is 53.6 Å². The highest BCUT2D eigenvalue weighted by molar-refractivity contribution is 6.00. The van der Waals surface area contributed by atoms with Gasteiger partial charge in [-0.2, -0.15) is 0 Å². The predicted octanol–water partition coefficient (Wildman–Crippen LogP) is 5.53. The molecule has 0 bridgehead atoms. The lowest BCUT2D eigenvalue weighted by molar-refractivity contribution is -0.178. The Morgan fingerprint density at radius 1 is 0.926 bits per heavy atom. The maximum atomic E-state index is 14.6. The van der Waals surface area contributed by atoms with E-state index < -0.39 is 45.9 Å². The van der Waals surface area contributed by atoms with E-state index in [9.17, 15) is 30.3 Å². The third-order valence-corrected chi connectivity index (χ3v) is 18.6. The summed E-state index contributed by atoms with van der Waals surface area (Å²) in [5.41, 5.74) is 2.28. The monoisotopic (exact) mass is 755 g/mol. The van der Waals surface area contributed by atoms with E-state index in [2.05, 4.69) is 19.2 Å². The van der Waals surface area contributed by atoms with Gasteiger partial charge in [-0.25, -0.2) is 0 Å². The van der Waals surface area contributed by atoms with Crippen molar-refractivity contribution in [1.82, 2.24) is 5.32 Å². The Balaban J connectivity index is 1.11. The van der Waals surface area contributed by atoms with Crippen molar-refractivity contribution < 1.29 is 35.1 Å². The number of carbonyl (C=O) groups is 1. The minimum atomic E-state index is -1.39. The molecule has 306 valence electrons. The van der Waals surface area contributed by atoms with Crippen LogP contribution in [0.1, 0.15) is 150 Å². The van der Waals surface area contributed by atoms with Crippen molar-refractivity contribution in [2.75, 3.05) is 13.2 Å². The van der Waals surface area contributed by atoms with Crippen molar-refractivity contribution in [3.8, 4) is 0 Å². The highest BCUT2D eigenvalue weighted by Crippen LogP contribution is 2.75. The highest BCUT2D eigenvalue weighted by atomic mass is 16.6. The largest absolute Gasteiger partial charge is 0.396 e. The van der Waals surface area contributed by atoms with Crippen LogP contribution in [0.5, 0.6) is 0 Å². The topological polar surface area (TPSA) is 169 Å². The molecule has 2 unspecified atom stereocenters. The third-order valence-electron chi connectivity index (χ3n) is 18.6. The normalized spacial score (nSPS) is 48.3.